The molecule has 0 bridgehead atoms. The topological polar surface area (TPSA) is 67.3 Å². The fourth-order valence-corrected chi connectivity index (χ4v) is 3.48. The SMILES string of the molecule is CCc1ccc(C(=O)N(CC)c2ccncc2)cc1S(C)(=O)=O. The number of carbonyl (C=O) groups excluding carboxylic acids is 1. The minimum Gasteiger partial charge on any atom is -0.309 e. The molecule has 5 nitrogen and oxygen atoms in total. The lowest BCUT2D eigenvalue weighted by Crippen LogP contribution is -2.30. The van der Waals surface area contributed by atoms with Crippen molar-refractivity contribution in [2.24, 2.45) is 0 Å². The van der Waals surface area contributed by atoms with Crippen LogP contribution in [-0.2, 0) is 16.3 Å². The zero-order chi connectivity index (χ0) is 17.0. The number of amides is 1. The zero-order valence-electron chi connectivity index (χ0n) is 13.5. The number of anilines is 1. The molecule has 0 N–H and O–H groups in total. The number of aromatic nitrogens is 1. The first kappa shape index (κ1) is 17.1. The number of sulfone groups is 1. The van der Waals surface area contributed by atoms with Crippen molar-refractivity contribution in [1.29, 1.82) is 0 Å². The summed E-state index contributed by atoms with van der Waals surface area (Å²) in [4.78, 5) is 18.5. The van der Waals surface area contributed by atoms with Gasteiger partial charge in [-0.15, -0.1) is 0 Å². The third-order valence-electron chi connectivity index (χ3n) is 3.63. The lowest BCUT2D eigenvalue weighted by Gasteiger charge is -2.21. The maximum absolute atomic E-state index is 12.8. The molecule has 1 aromatic carbocycles. The molecule has 6 heteroatoms. The van der Waals surface area contributed by atoms with Gasteiger partial charge >= 0.3 is 0 Å². The number of rotatable bonds is 5. The van der Waals surface area contributed by atoms with E-state index in [4.69, 9.17) is 0 Å². The van der Waals surface area contributed by atoms with Gasteiger partial charge in [0.1, 0.15) is 0 Å². The normalized spacial score (nSPS) is 11.3. The average molecular weight is 332 g/mol. The van der Waals surface area contributed by atoms with Gasteiger partial charge in [-0.05, 0) is 43.2 Å². The minimum atomic E-state index is -3.38. The van der Waals surface area contributed by atoms with Gasteiger partial charge in [-0.25, -0.2) is 8.42 Å². The number of benzene rings is 1. The van der Waals surface area contributed by atoms with Gasteiger partial charge < -0.3 is 4.90 Å². The van der Waals surface area contributed by atoms with Crippen LogP contribution in [0, 0.1) is 0 Å². The van der Waals surface area contributed by atoms with Gasteiger partial charge in [0.2, 0.25) is 0 Å². The highest BCUT2D eigenvalue weighted by Crippen LogP contribution is 2.21. The maximum Gasteiger partial charge on any atom is 0.258 e. The van der Waals surface area contributed by atoms with E-state index >= 15 is 0 Å². The Morgan fingerprint density at radius 1 is 1.13 bits per heavy atom. The average Bonchev–Trinajstić information content (AvgIpc) is 2.55. The second kappa shape index (κ2) is 6.91. The van der Waals surface area contributed by atoms with E-state index in [1.807, 2.05) is 13.8 Å². The van der Waals surface area contributed by atoms with Crippen molar-refractivity contribution < 1.29 is 13.2 Å². The van der Waals surface area contributed by atoms with Gasteiger partial charge in [-0.1, -0.05) is 13.0 Å². The summed E-state index contributed by atoms with van der Waals surface area (Å²) in [5, 5.41) is 0. The van der Waals surface area contributed by atoms with E-state index < -0.39 is 9.84 Å². The third-order valence-corrected chi connectivity index (χ3v) is 4.81. The molecule has 0 aliphatic heterocycles. The molecule has 1 heterocycles. The second-order valence-corrected chi connectivity index (χ2v) is 7.19. The number of hydrogen-bond donors (Lipinski definition) is 0. The molecule has 23 heavy (non-hydrogen) atoms. The Bertz CT molecular complexity index is 802. The fourth-order valence-electron chi connectivity index (χ4n) is 2.45. The summed E-state index contributed by atoms with van der Waals surface area (Å²) in [6.07, 6.45) is 5.00. The predicted octanol–water partition coefficient (Wildman–Crippen LogP) is 2.71. The van der Waals surface area contributed by atoms with Crippen molar-refractivity contribution >= 4 is 21.4 Å². The molecular weight excluding hydrogens is 312 g/mol. The highest BCUT2D eigenvalue weighted by Gasteiger charge is 2.20. The van der Waals surface area contributed by atoms with Crippen LogP contribution in [0.25, 0.3) is 0 Å². The molecule has 0 aliphatic carbocycles. The van der Waals surface area contributed by atoms with E-state index in [9.17, 15) is 13.2 Å². The quantitative estimate of drug-likeness (QED) is 0.844. The molecule has 2 rings (SSSR count). The van der Waals surface area contributed by atoms with E-state index in [1.165, 1.54) is 6.07 Å². The van der Waals surface area contributed by atoms with Crippen molar-refractivity contribution in [3.05, 3.63) is 53.9 Å². The van der Waals surface area contributed by atoms with Crippen LogP contribution in [-0.4, -0.2) is 32.1 Å². The first-order chi connectivity index (χ1) is 10.9. The summed E-state index contributed by atoms with van der Waals surface area (Å²) in [6.45, 7) is 4.24. The molecule has 2 aromatic rings. The van der Waals surface area contributed by atoms with E-state index in [2.05, 4.69) is 4.98 Å². The smallest absolute Gasteiger partial charge is 0.258 e. The van der Waals surface area contributed by atoms with Crippen molar-refractivity contribution in [3.8, 4) is 0 Å². The van der Waals surface area contributed by atoms with Crippen LogP contribution in [0.1, 0.15) is 29.8 Å². The van der Waals surface area contributed by atoms with E-state index in [0.717, 1.165) is 17.5 Å². The van der Waals surface area contributed by atoms with E-state index in [0.29, 0.717) is 18.5 Å². The second-order valence-electron chi connectivity index (χ2n) is 5.20. The molecule has 0 atom stereocenters. The minimum absolute atomic E-state index is 0.219. The van der Waals surface area contributed by atoms with Crippen molar-refractivity contribution in [2.75, 3.05) is 17.7 Å². The molecule has 0 fully saturated rings. The largest absolute Gasteiger partial charge is 0.309 e. The van der Waals surface area contributed by atoms with Gasteiger partial charge in [0.15, 0.2) is 9.84 Å². The number of aryl methyl sites for hydroxylation is 1. The highest BCUT2D eigenvalue weighted by atomic mass is 32.2. The number of hydrogen-bond acceptors (Lipinski definition) is 4. The zero-order valence-corrected chi connectivity index (χ0v) is 14.3. The first-order valence-corrected chi connectivity index (χ1v) is 9.32. The Balaban J connectivity index is 2.47. The van der Waals surface area contributed by atoms with Crippen LogP contribution >= 0.6 is 0 Å². The first-order valence-electron chi connectivity index (χ1n) is 7.43. The Kier molecular flexibility index (Phi) is 5.15. The van der Waals surface area contributed by atoms with Crippen molar-refractivity contribution in [2.45, 2.75) is 25.2 Å². The van der Waals surface area contributed by atoms with E-state index in [1.54, 1.807) is 41.6 Å². The standard InChI is InChI=1S/C17H20N2O3S/c1-4-13-6-7-14(12-16(13)23(3,21)22)17(20)19(5-2)15-8-10-18-11-9-15/h6-12H,4-5H2,1-3H3. The predicted molar refractivity (Wildman–Crippen MR) is 90.5 cm³/mol. The third kappa shape index (κ3) is 3.76. The van der Waals surface area contributed by atoms with Crippen LogP contribution in [0.15, 0.2) is 47.6 Å². The molecule has 1 aromatic heterocycles. The van der Waals surface area contributed by atoms with Crippen LogP contribution < -0.4 is 4.90 Å². The summed E-state index contributed by atoms with van der Waals surface area (Å²) < 4.78 is 23.9. The van der Waals surface area contributed by atoms with E-state index in [-0.39, 0.29) is 10.8 Å². The highest BCUT2D eigenvalue weighted by molar-refractivity contribution is 7.90. The van der Waals surface area contributed by atoms with Crippen molar-refractivity contribution in [1.82, 2.24) is 4.98 Å². The lowest BCUT2D eigenvalue weighted by atomic mass is 10.1. The molecule has 122 valence electrons. The molecule has 1 amide bonds. The Hall–Kier alpha value is -2.21. The van der Waals surface area contributed by atoms with Gasteiger partial charge in [0.05, 0.1) is 4.90 Å². The van der Waals surface area contributed by atoms with Crippen LogP contribution in [0.5, 0.6) is 0 Å². The molecule has 0 aliphatic rings. The van der Waals surface area contributed by atoms with Crippen molar-refractivity contribution in [3.63, 3.8) is 0 Å². The Morgan fingerprint density at radius 3 is 2.30 bits per heavy atom. The summed E-state index contributed by atoms with van der Waals surface area (Å²) >= 11 is 0. The molecular formula is C17H20N2O3S. The summed E-state index contributed by atoms with van der Waals surface area (Å²) in [7, 11) is -3.38. The lowest BCUT2D eigenvalue weighted by molar-refractivity contribution is 0.0988. The van der Waals surface area contributed by atoms with Crippen LogP contribution in [0.3, 0.4) is 0 Å². The van der Waals surface area contributed by atoms with Gasteiger partial charge in [-0.2, -0.15) is 0 Å². The molecule has 0 saturated heterocycles. The van der Waals surface area contributed by atoms with Crippen LogP contribution in [0.4, 0.5) is 5.69 Å². The molecule has 0 spiro atoms. The number of carbonyl (C=O) groups is 1. The van der Waals surface area contributed by atoms with Gasteiger partial charge in [-0.3, -0.25) is 9.78 Å². The molecule has 0 unspecified atom stereocenters. The fraction of sp³-hybridized carbons (Fsp3) is 0.294. The monoisotopic (exact) mass is 332 g/mol. The Labute approximate surface area is 136 Å². The van der Waals surface area contributed by atoms with Gasteiger partial charge in [0.25, 0.3) is 5.91 Å². The van der Waals surface area contributed by atoms with Gasteiger partial charge in [0, 0.05) is 36.4 Å². The molecule has 0 radical (unpaired) electrons. The molecule has 0 saturated carbocycles. The summed E-state index contributed by atoms with van der Waals surface area (Å²) in [5.74, 6) is -0.230. The summed E-state index contributed by atoms with van der Waals surface area (Å²) in [6, 6.07) is 8.36. The number of nitrogens with zero attached hydrogens (tertiary/aromatic N) is 2. The number of pyridine rings is 1. The Morgan fingerprint density at radius 2 is 1.78 bits per heavy atom. The van der Waals surface area contributed by atoms with Crippen LogP contribution in [0.2, 0.25) is 0 Å². The maximum atomic E-state index is 12.8. The summed E-state index contributed by atoms with van der Waals surface area (Å²) in [5.41, 5.74) is 1.81.